The molecular formula is C15H18N2O2. The lowest BCUT2D eigenvalue weighted by atomic mass is 9.99. The summed E-state index contributed by atoms with van der Waals surface area (Å²) < 4.78 is 5.24. The van der Waals surface area contributed by atoms with E-state index in [0.29, 0.717) is 12.1 Å². The second kappa shape index (κ2) is 5.75. The zero-order valence-electron chi connectivity index (χ0n) is 11.3. The summed E-state index contributed by atoms with van der Waals surface area (Å²) in [6.07, 6.45) is 1.78. The third-order valence-electron chi connectivity index (χ3n) is 3.55. The fourth-order valence-corrected chi connectivity index (χ4v) is 2.40. The molecule has 1 saturated heterocycles. The molecule has 1 fully saturated rings. The second-order valence-corrected chi connectivity index (χ2v) is 4.90. The maximum Gasteiger partial charge on any atom is 0.254 e. The van der Waals surface area contributed by atoms with Gasteiger partial charge in [0.05, 0.1) is 19.1 Å². The summed E-state index contributed by atoms with van der Waals surface area (Å²) in [5.41, 5.74) is 1.63. The van der Waals surface area contributed by atoms with Crippen LogP contribution in [0.3, 0.4) is 0 Å². The third kappa shape index (κ3) is 2.87. The number of benzene rings is 1. The summed E-state index contributed by atoms with van der Waals surface area (Å²) in [5.74, 6) is 0.669. The van der Waals surface area contributed by atoms with Crippen molar-refractivity contribution in [3.05, 3.63) is 29.3 Å². The van der Waals surface area contributed by atoms with Crippen LogP contribution in [-0.2, 0) is 0 Å². The van der Waals surface area contributed by atoms with Crippen LogP contribution in [0.2, 0.25) is 0 Å². The van der Waals surface area contributed by atoms with Gasteiger partial charge < -0.3 is 9.64 Å². The van der Waals surface area contributed by atoms with E-state index in [4.69, 9.17) is 10.00 Å². The van der Waals surface area contributed by atoms with Crippen LogP contribution < -0.4 is 4.74 Å². The van der Waals surface area contributed by atoms with Crippen LogP contribution in [0, 0.1) is 24.2 Å². The Hall–Kier alpha value is -2.02. The van der Waals surface area contributed by atoms with Gasteiger partial charge in [0.2, 0.25) is 0 Å². The monoisotopic (exact) mass is 258 g/mol. The van der Waals surface area contributed by atoms with Gasteiger partial charge in [-0.15, -0.1) is 0 Å². The fourth-order valence-electron chi connectivity index (χ4n) is 2.40. The minimum absolute atomic E-state index is 0.0155. The number of nitrogens with zero attached hydrogens (tertiary/aromatic N) is 2. The molecule has 4 nitrogen and oxygen atoms in total. The highest BCUT2D eigenvalue weighted by molar-refractivity contribution is 5.94. The van der Waals surface area contributed by atoms with Crippen LogP contribution in [0.15, 0.2) is 18.2 Å². The van der Waals surface area contributed by atoms with E-state index in [1.165, 1.54) is 0 Å². The molecule has 0 bridgehead atoms. The van der Waals surface area contributed by atoms with E-state index in [0.717, 1.165) is 30.7 Å². The molecule has 1 aromatic rings. The van der Waals surface area contributed by atoms with E-state index in [2.05, 4.69) is 6.07 Å². The predicted molar refractivity (Wildman–Crippen MR) is 72.0 cm³/mol. The van der Waals surface area contributed by atoms with E-state index in [-0.39, 0.29) is 11.8 Å². The van der Waals surface area contributed by atoms with Gasteiger partial charge in [-0.1, -0.05) is 6.07 Å². The molecule has 1 unspecified atom stereocenters. The van der Waals surface area contributed by atoms with Crippen molar-refractivity contribution in [2.75, 3.05) is 20.2 Å². The Labute approximate surface area is 113 Å². The highest BCUT2D eigenvalue weighted by atomic mass is 16.5. The van der Waals surface area contributed by atoms with Gasteiger partial charge in [-0.3, -0.25) is 4.79 Å². The quantitative estimate of drug-likeness (QED) is 0.818. The zero-order chi connectivity index (χ0) is 13.8. The first-order valence-electron chi connectivity index (χ1n) is 6.49. The van der Waals surface area contributed by atoms with Crippen molar-refractivity contribution < 1.29 is 9.53 Å². The molecule has 2 rings (SSSR count). The Balaban J connectivity index is 2.17. The molecule has 0 aliphatic carbocycles. The van der Waals surface area contributed by atoms with Crippen molar-refractivity contribution in [2.24, 2.45) is 5.92 Å². The molecule has 0 aromatic heterocycles. The largest absolute Gasteiger partial charge is 0.496 e. The average molecular weight is 258 g/mol. The maximum absolute atomic E-state index is 12.4. The van der Waals surface area contributed by atoms with Gasteiger partial charge in [0, 0.05) is 18.7 Å². The normalized spacial score (nSPS) is 18.8. The van der Waals surface area contributed by atoms with E-state index >= 15 is 0 Å². The Bertz CT molecular complexity index is 519. The average Bonchev–Trinajstić information content (AvgIpc) is 2.47. The first kappa shape index (κ1) is 13.4. The number of nitriles is 1. The summed E-state index contributed by atoms with van der Waals surface area (Å²) >= 11 is 0. The summed E-state index contributed by atoms with van der Waals surface area (Å²) in [5, 5.41) is 8.97. The maximum atomic E-state index is 12.4. The van der Waals surface area contributed by atoms with Gasteiger partial charge in [-0.05, 0) is 37.5 Å². The van der Waals surface area contributed by atoms with Crippen molar-refractivity contribution >= 4 is 5.91 Å². The van der Waals surface area contributed by atoms with E-state index in [1.54, 1.807) is 18.1 Å². The molecule has 1 aromatic carbocycles. The number of piperidine rings is 1. The first-order valence-corrected chi connectivity index (χ1v) is 6.49. The van der Waals surface area contributed by atoms with E-state index < -0.39 is 0 Å². The predicted octanol–water partition coefficient (Wildman–Crippen LogP) is 2.38. The Morgan fingerprint density at radius 3 is 3.00 bits per heavy atom. The molecule has 1 atom stereocenters. The van der Waals surface area contributed by atoms with Crippen molar-refractivity contribution in [1.29, 1.82) is 5.26 Å². The lowest BCUT2D eigenvalue weighted by molar-refractivity contribution is 0.0698. The number of likely N-dealkylation sites (tertiary alicyclic amines) is 1. The van der Waals surface area contributed by atoms with Crippen molar-refractivity contribution in [2.45, 2.75) is 19.8 Å². The first-order chi connectivity index (χ1) is 9.15. The number of amides is 1. The van der Waals surface area contributed by atoms with Gasteiger partial charge in [-0.2, -0.15) is 5.26 Å². The Morgan fingerprint density at radius 2 is 2.32 bits per heavy atom. The highest BCUT2D eigenvalue weighted by Crippen LogP contribution is 2.22. The number of hydrogen-bond donors (Lipinski definition) is 0. The highest BCUT2D eigenvalue weighted by Gasteiger charge is 2.24. The lowest BCUT2D eigenvalue weighted by Gasteiger charge is -2.29. The topological polar surface area (TPSA) is 53.3 Å². The molecule has 0 saturated carbocycles. The fraction of sp³-hybridized carbons (Fsp3) is 0.467. The number of carbonyl (C=O) groups excluding carboxylic acids is 1. The molecular weight excluding hydrogens is 240 g/mol. The lowest BCUT2D eigenvalue weighted by Crippen LogP contribution is -2.39. The van der Waals surface area contributed by atoms with Crippen molar-refractivity contribution in [1.82, 2.24) is 4.90 Å². The van der Waals surface area contributed by atoms with Crippen LogP contribution in [0.5, 0.6) is 5.75 Å². The molecule has 0 N–H and O–H groups in total. The molecule has 0 spiro atoms. The third-order valence-corrected chi connectivity index (χ3v) is 3.55. The van der Waals surface area contributed by atoms with Crippen LogP contribution >= 0.6 is 0 Å². The minimum atomic E-state index is -0.0370. The molecule has 1 aliphatic rings. The molecule has 19 heavy (non-hydrogen) atoms. The zero-order valence-corrected chi connectivity index (χ0v) is 11.3. The number of hydrogen-bond acceptors (Lipinski definition) is 3. The molecule has 1 amide bonds. The number of methoxy groups -OCH3 is 1. The number of ether oxygens (including phenoxy) is 1. The van der Waals surface area contributed by atoms with Gasteiger partial charge in [0.1, 0.15) is 5.75 Å². The second-order valence-electron chi connectivity index (χ2n) is 4.90. The number of carbonyl (C=O) groups is 1. The van der Waals surface area contributed by atoms with E-state index in [9.17, 15) is 4.79 Å². The van der Waals surface area contributed by atoms with Gasteiger partial charge in [-0.25, -0.2) is 0 Å². The summed E-state index contributed by atoms with van der Waals surface area (Å²) in [4.78, 5) is 14.2. The SMILES string of the molecule is COc1cc(C(=O)N2CCCC(C#N)C2)ccc1C. The summed E-state index contributed by atoms with van der Waals surface area (Å²) in [6.45, 7) is 3.21. The van der Waals surface area contributed by atoms with E-state index in [1.807, 2.05) is 19.1 Å². The minimum Gasteiger partial charge on any atom is -0.496 e. The molecule has 1 aliphatic heterocycles. The van der Waals surface area contributed by atoms with Crippen LogP contribution in [0.1, 0.15) is 28.8 Å². The van der Waals surface area contributed by atoms with Gasteiger partial charge >= 0.3 is 0 Å². The summed E-state index contributed by atoms with van der Waals surface area (Å²) in [6, 6.07) is 7.73. The van der Waals surface area contributed by atoms with Crippen molar-refractivity contribution in [3.8, 4) is 11.8 Å². The van der Waals surface area contributed by atoms with Gasteiger partial charge in [0.15, 0.2) is 0 Å². The molecule has 4 heteroatoms. The number of rotatable bonds is 2. The van der Waals surface area contributed by atoms with Crippen molar-refractivity contribution in [3.63, 3.8) is 0 Å². The Morgan fingerprint density at radius 1 is 1.53 bits per heavy atom. The number of aryl methyl sites for hydroxylation is 1. The molecule has 100 valence electrons. The Kier molecular flexibility index (Phi) is 4.06. The smallest absolute Gasteiger partial charge is 0.254 e. The standard InChI is InChI=1S/C15H18N2O2/c1-11-5-6-13(8-14(11)19-2)15(18)17-7-3-4-12(9-16)10-17/h5-6,8,12H,3-4,7,10H2,1-2H3. The van der Waals surface area contributed by atoms with Crippen LogP contribution in [0.4, 0.5) is 0 Å². The summed E-state index contributed by atoms with van der Waals surface area (Å²) in [7, 11) is 1.60. The molecule has 0 radical (unpaired) electrons. The van der Waals surface area contributed by atoms with Crippen LogP contribution in [0.25, 0.3) is 0 Å². The molecule has 1 heterocycles. The van der Waals surface area contributed by atoms with Crippen LogP contribution in [-0.4, -0.2) is 31.0 Å². The van der Waals surface area contributed by atoms with Gasteiger partial charge in [0.25, 0.3) is 5.91 Å².